The summed E-state index contributed by atoms with van der Waals surface area (Å²) >= 11 is 0. The number of aromatic amines is 1. The van der Waals surface area contributed by atoms with Crippen LogP contribution < -0.4 is 9.64 Å². The van der Waals surface area contributed by atoms with Crippen molar-refractivity contribution in [1.29, 1.82) is 4.78 Å². The second kappa shape index (κ2) is 8.34. The second-order valence-electron chi connectivity index (χ2n) is 7.02. The number of nitrogens with one attached hydrogen (secondary N) is 2. The van der Waals surface area contributed by atoms with E-state index in [0.29, 0.717) is 43.4 Å². The van der Waals surface area contributed by atoms with E-state index in [1.165, 1.54) is 6.26 Å². The third kappa shape index (κ3) is 4.65. The maximum atomic E-state index is 11.6. The molecule has 9 nitrogen and oxygen atoms in total. The standard InChI is InChI=1S/C19H24N6O3S/c1-29(20,26)12-2-9-28-16-13-17(25-7-10-27-11-8-25)23-18-14(16)3-5-21-19(18)15-4-6-22-24-15/h3-6,13,20H,2,7-12H2,1H3,(H,22,24). The largest absolute Gasteiger partial charge is 0.493 e. The lowest BCUT2D eigenvalue weighted by molar-refractivity contribution is 0.122. The molecule has 0 saturated carbocycles. The maximum Gasteiger partial charge on any atom is 0.133 e. The molecule has 0 radical (unpaired) electrons. The van der Waals surface area contributed by atoms with Gasteiger partial charge in [-0.2, -0.15) is 5.10 Å². The van der Waals surface area contributed by atoms with Crippen LogP contribution in [-0.4, -0.2) is 69.3 Å². The highest BCUT2D eigenvalue weighted by Crippen LogP contribution is 2.33. The quantitative estimate of drug-likeness (QED) is 0.568. The molecule has 3 aromatic rings. The van der Waals surface area contributed by atoms with Crippen LogP contribution in [0.4, 0.5) is 5.82 Å². The summed E-state index contributed by atoms with van der Waals surface area (Å²) in [5.41, 5.74) is 2.23. The minimum absolute atomic E-state index is 0.313. The number of rotatable bonds is 7. The maximum absolute atomic E-state index is 11.6. The average Bonchev–Trinajstić information content (AvgIpc) is 3.25. The number of fused-ring (bicyclic) bond motifs is 1. The normalized spacial score (nSPS) is 16.7. The van der Waals surface area contributed by atoms with Gasteiger partial charge in [-0.25, -0.2) is 4.98 Å². The van der Waals surface area contributed by atoms with Crippen molar-refractivity contribution in [3.63, 3.8) is 0 Å². The first-order valence-electron chi connectivity index (χ1n) is 9.48. The van der Waals surface area contributed by atoms with Crippen LogP contribution in [0.1, 0.15) is 6.42 Å². The first-order chi connectivity index (χ1) is 14.0. The highest BCUT2D eigenvalue weighted by atomic mass is 32.2. The number of hydrogen-bond donors (Lipinski definition) is 2. The van der Waals surface area contributed by atoms with Crippen LogP contribution in [0.5, 0.6) is 5.75 Å². The number of anilines is 1. The van der Waals surface area contributed by atoms with Crippen molar-refractivity contribution in [2.45, 2.75) is 6.42 Å². The Balaban J connectivity index is 1.72. The van der Waals surface area contributed by atoms with Crippen molar-refractivity contribution in [3.8, 4) is 17.1 Å². The van der Waals surface area contributed by atoms with Gasteiger partial charge in [0.1, 0.15) is 22.8 Å². The summed E-state index contributed by atoms with van der Waals surface area (Å²) in [4.78, 5) is 11.6. The highest BCUT2D eigenvalue weighted by molar-refractivity contribution is 7.91. The lowest BCUT2D eigenvalue weighted by atomic mass is 10.1. The molecule has 1 aliphatic rings. The van der Waals surface area contributed by atoms with Gasteiger partial charge < -0.3 is 14.4 Å². The van der Waals surface area contributed by atoms with Gasteiger partial charge in [-0.05, 0) is 18.6 Å². The SMILES string of the molecule is CS(=N)(=O)CCCOc1cc(N2CCOCC2)nc2c(-c3ccn[nH]3)nccc12. The van der Waals surface area contributed by atoms with Crippen LogP contribution in [0, 0.1) is 4.78 Å². The van der Waals surface area contributed by atoms with Gasteiger partial charge in [-0.1, -0.05) is 0 Å². The molecule has 3 aromatic heterocycles. The molecular weight excluding hydrogens is 392 g/mol. The Labute approximate surface area is 169 Å². The predicted octanol–water partition coefficient (Wildman–Crippen LogP) is 2.30. The molecule has 1 atom stereocenters. The summed E-state index contributed by atoms with van der Waals surface area (Å²) in [5.74, 6) is 1.82. The summed E-state index contributed by atoms with van der Waals surface area (Å²) in [7, 11) is -2.52. The van der Waals surface area contributed by atoms with E-state index in [4.69, 9.17) is 19.2 Å². The molecule has 0 amide bonds. The zero-order chi connectivity index (χ0) is 20.3. The topological polar surface area (TPSA) is 117 Å². The lowest BCUT2D eigenvalue weighted by Crippen LogP contribution is -2.36. The second-order valence-corrected chi connectivity index (χ2v) is 9.43. The molecule has 0 spiro atoms. The molecule has 1 fully saturated rings. The molecule has 0 aliphatic carbocycles. The molecule has 1 aliphatic heterocycles. The molecule has 1 unspecified atom stereocenters. The molecule has 0 bridgehead atoms. The molecule has 29 heavy (non-hydrogen) atoms. The average molecular weight is 417 g/mol. The van der Waals surface area contributed by atoms with E-state index in [9.17, 15) is 4.21 Å². The van der Waals surface area contributed by atoms with Crippen LogP contribution in [0.25, 0.3) is 22.3 Å². The Kier molecular flexibility index (Phi) is 5.63. The van der Waals surface area contributed by atoms with Gasteiger partial charge in [-0.3, -0.25) is 19.1 Å². The van der Waals surface area contributed by atoms with Crippen molar-refractivity contribution < 1.29 is 13.7 Å². The smallest absolute Gasteiger partial charge is 0.133 e. The number of hydrogen-bond acceptors (Lipinski definition) is 8. The first-order valence-corrected chi connectivity index (χ1v) is 11.6. The van der Waals surface area contributed by atoms with E-state index < -0.39 is 9.73 Å². The highest BCUT2D eigenvalue weighted by Gasteiger charge is 2.18. The molecule has 2 N–H and O–H groups in total. The Morgan fingerprint density at radius 1 is 1.31 bits per heavy atom. The number of H-pyrrole nitrogens is 1. The number of morpholine rings is 1. The van der Waals surface area contributed by atoms with Crippen molar-refractivity contribution in [1.82, 2.24) is 20.2 Å². The van der Waals surface area contributed by atoms with Crippen molar-refractivity contribution in [2.24, 2.45) is 0 Å². The van der Waals surface area contributed by atoms with Gasteiger partial charge in [-0.15, -0.1) is 0 Å². The van der Waals surface area contributed by atoms with Crippen molar-refractivity contribution in [2.75, 3.05) is 49.8 Å². The van der Waals surface area contributed by atoms with Gasteiger partial charge in [0.15, 0.2) is 0 Å². The van der Waals surface area contributed by atoms with Crippen molar-refractivity contribution >= 4 is 26.4 Å². The van der Waals surface area contributed by atoms with E-state index in [0.717, 1.165) is 35.5 Å². The van der Waals surface area contributed by atoms with Gasteiger partial charge in [0.25, 0.3) is 0 Å². The summed E-state index contributed by atoms with van der Waals surface area (Å²) in [6, 6.07) is 5.68. The van der Waals surface area contributed by atoms with Gasteiger partial charge in [0, 0.05) is 58.7 Å². The van der Waals surface area contributed by atoms with Gasteiger partial charge in [0.05, 0.1) is 25.5 Å². The molecule has 4 rings (SSSR count). The summed E-state index contributed by atoms with van der Waals surface area (Å²) in [5, 5.41) is 7.83. The third-order valence-corrected chi connectivity index (χ3v) is 5.77. The fourth-order valence-corrected chi connectivity index (χ4v) is 3.95. The van der Waals surface area contributed by atoms with E-state index in [1.807, 2.05) is 18.2 Å². The minimum Gasteiger partial charge on any atom is -0.493 e. The van der Waals surface area contributed by atoms with E-state index in [-0.39, 0.29) is 0 Å². The van der Waals surface area contributed by atoms with Crippen molar-refractivity contribution in [3.05, 3.63) is 30.6 Å². The number of aromatic nitrogens is 4. The van der Waals surface area contributed by atoms with Crippen LogP contribution in [0.3, 0.4) is 0 Å². The molecule has 1 saturated heterocycles. The summed E-state index contributed by atoms with van der Waals surface area (Å²) < 4.78 is 30.7. The van der Waals surface area contributed by atoms with E-state index in [2.05, 4.69) is 20.1 Å². The number of nitrogens with zero attached hydrogens (tertiary/aromatic N) is 4. The Morgan fingerprint density at radius 2 is 2.14 bits per heavy atom. The Hall–Kier alpha value is -2.72. The van der Waals surface area contributed by atoms with Crippen LogP contribution in [0.15, 0.2) is 30.6 Å². The Bertz CT molecular complexity index is 1080. The van der Waals surface area contributed by atoms with E-state index in [1.54, 1.807) is 12.4 Å². The molecule has 10 heteroatoms. The minimum atomic E-state index is -2.52. The van der Waals surface area contributed by atoms with Gasteiger partial charge >= 0.3 is 0 Å². The number of pyridine rings is 2. The molecule has 154 valence electrons. The van der Waals surface area contributed by atoms with E-state index >= 15 is 0 Å². The fraction of sp³-hybridized carbons (Fsp3) is 0.421. The predicted molar refractivity (Wildman–Crippen MR) is 112 cm³/mol. The first kappa shape index (κ1) is 19.6. The van der Waals surface area contributed by atoms with Crippen LogP contribution in [0.2, 0.25) is 0 Å². The molecule has 0 aromatic carbocycles. The molecular formula is C19H24N6O3S. The Morgan fingerprint density at radius 3 is 2.86 bits per heavy atom. The third-order valence-electron chi connectivity index (χ3n) is 4.70. The molecule has 4 heterocycles. The zero-order valence-electron chi connectivity index (χ0n) is 16.3. The summed E-state index contributed by atoms with van der Waals surface area (Å²) in [6.45, 7) is 3.21. The van der Waals surface area contributed by atoms with Crippen LogP contribution >= 0.6 is 0 Å². The van der Waals surface area contributed by atoms with Gasteiger partial charge in [0.2, 0.25) is 0 Å². The summed E-state index contributed by atoms with van der Waals surface area (Å²) in [6.07, 6.45) is 5.41. The fourth-order valence-electron chi connectivity index (χ4n) is 3.28. The number of ether oxygens (including phenoxy) is 2. The van der Waals surface area contributed by atoms with Crippen LogP contribution in [-0.2, 0) is 14.5 Å². The zero-order valence-corrected chi connectivity index (χ0v) is 17.1. The lowest BCUT2D eigenvalue weighted by Gasteiger charge is -2.28. The monoisotopic (exact) mass is 416 g/mol.